The quantitative estimate of drug-likeness (QED) is 0.287. The van der Waals surface area contributed by atoms with Crippen LogP contribution in [0.25, 0.3) is 0 Å². The molecule has 0 spiro atoms. The van der Waals surface area contributed by atoms with E-state index in [9.17, 15) is 0 Å². The molecule has 1 radical (unpaired) electrons. The molecule has 0 nitrogen and oxygen atoms in total. The van der Waals surface area contributed by atoms with Crippen molar-refractivity contribution in [2.24, 2.45) is 0 Å². The van der Waals surface area contributed by atoms with Crippen LogP contribution in [0.1, 0.15) is 11.1 Å². The number of rotatable bonds is 4. The maximum atomic E-state index is 6.27. The van der Waals surface area contributed by atoms with Gasteiger partial charge in [-0.05, 0) is 23.3 Å². The van der Waals surface area contributed by atoms with Crippen LogP contribution in [-0.2, 0) is 8.67 Å². The molecule has 1 aromatic carbocycles. The Kier molecular flexibility index (Phi) is 9.10. The monoisotopic (exact) mass is 637 g/mol. The first-order chi connectivity index (χ1) is 11.2. The molecule has 149 valence electrons. The first kappa shape index (κ1) is 27.3. The molecule has 0 amide bonds. The minimum Gasteiger partial charge on any atom is -0.0930 e. The van der Waals surface area contributed by atoms with E-state index in [1.165, 1.54) is 18.2 Å². The van der Waals surface area contributed by atoms with Gasteiger partial charge in [0.25, 0.3) is 0 Å². The third-order valence-corrected chi connectivity index (χ3v) is 10.9. The Labute approximate surface area is 220 Å². The fourth-order valence-corrected chi connectivity index (χ4v) is 4.42. The van der Waals surface area contributed by atoms with E-state index in [2.05, 4.69) is 6.07 Å². The molecule has 0 atom stereocenters. The van der Waals surface area contributed by atoms with Crippen molar-refractivity contribution in [2.75, 3.05) is 0 Å². The Morgan fingerprint density at radius 3 is 1.35 bits per heavy atom. The largest absolute Gasteiger partial charge is 0.226 e. The molecule has 0 fully saturated rings. The van der Waals surface area contributed by atoms with E-state index >= 15 is 0 Å². The lowest BCUT2D eigenvalue weighted by molar-refractivity contribution is 0.680. The molecule has 0 saturated heterocycles. The van der Waals surface area contributed by atoms with Crippen molar-refractivity contribution in [3.05, 3.63) is 35.4 Å². The average Bonchev–Trinajstić information content (AvgIpc) is 2.44. The van der Waals surface area contributed by atoms with Gasteiger partial charge in [0.15, 0.2) is 8.67 Å². The van der Waals surface area contributed by atoms with E-state index in [1.807, 2.05) is 0 Å². The van der Waals surface area contributed by atoms with Gasteiger partial charge in [-0.3, -0.25) is 0 Å². The summed E-state index contributed by atoms with van der Waals surface area (Å²) >= 11 is 83.9. The first-order valence-electron chi connectivity index (χ1n) is 5.88. The summed E-state index contributed by atoms with van der Waals surface area (Å²) in [6, 6.07) is 6.57. The van der Waals surface area contributed by atoms with Crippen molar-refractivity contribution in [1.29, 1.82) is 0 Å². The highest BCUT2D eigenvalue weighted by Crippen LogP contribution is 2.63. The number of hydrogen-bond acceptors (Lipinski definition) is 0. The maximum absolute atomic E-state index is 6.27. The number of hydrogen-bond donors (Lipinski definition) is 0. The minimum atomic E-state index is -2.32. The van der Waals surface area contributed by atoms with Gasteiger partial charge in [0.05, 0.1) is 0 Å². The van der Waals surface area contributed by atoms with Crippen molar-refractivity contribution in [3.63, 3.8) is 0 Å². The van der Waals surface area contributed by atoms with Crippen molar-refractivity contribution in [3.8, 4) is 0 Å². The van der Waals surface area contributed by atoms with Gasteiger partial charge in [-0.25, -0.2) is 0 Å². The predicted octanol–water partition coefficient (Wildman–Crippen LogP) is 9.84. The summed E-state index contributed by atoms with van der Waals surface area (Å²) in [4.78, 5) is 0. The van der Waals surface area contributed by atoms with Crippen LogP contribution < -0.4 is 0 Å². The smallest absolute Gasteiger partial charge is 0.0930 e. The Balaban J connectivity index is 3.54. The van der Waals surface area contributed by atoms with Crippen LogP contribution in [0.15, 0.2) is 18.2 Å². The van der Waals surface area contributed by atoms with E-state index in [0.29, 0.717) is 0 Å². The zero-order valence-corrected chi connectivity index (χ0v) is 22.1. The summed E-state index contributed by atoms with van der Waals surface area (Å²) in [6.07, 6.45) is 0. The van der Waals surface area contributed by atoms with E-state index in [-0.39, 0.29) is 11.1 Å². The Morgan fingerprint density at radius 2 is 0.962 bits per heavy atom. The highest BCUT2D eigenvalue weighted by atomic mass is 35.6. The molecule has 14 heteroatoms. The van der Waals surface area contributed by atoms with E-state index < -0.39 is 24.9 Å². The molecule has 0 aliphatic carbocycles. The van der Waals surface area contributed by atoms with Gasteiger partial charge in [0, 0.05) is 0 Å². The molecule has 0 bridgehead atoms. The lowest BCUT2D eigenvalue weighted by Gasteiger charge is -2.40. The molecule has 0 aromatic heterocycles. The van der Waals surface area contributed by atoms with Gasteiger partial charge in [-0.15, -0.1) is 0 Å². The number of benzene rings is 1. The van der Waals surface area contributed by atoms with Crippen LogP contribution in [0.3, 0.4) is 0 Å². The second kappa shape index (κ2) is 8.67. The fourth-order valence-electron chi connectivity index (χ4n) is 1.55. The van der Waals surface area contributed by atoms with E-state index in [1.54, 1.807) is 0 Å². The van der Waals surface area contributed by atoms with Crippen LogP contribution in [0.4, 0.5) is 0 Å². The molecule has 26 heavy (non-hydrogen) atoms. The average molecular weight is 643 g/mol. The topological polar surface area (TPSA) is 0 Å². The zero-order valence-electron chi connectivity index (χ0n) is 11.5. The normalized spacial score (nSPS) is 15.3. The van der Waals surface area contributed by atoms with Crippen LogP contribution in [0, 0.1) is 6.07 Å². The van der Waals surface area contributed by atoms with Gasteiger partial charge in [-0.1, -0.05) is 175 Å². The van der Waals surface area contributed by atoms with Gasteiger partial charge in [0.2, 0.25) is 16.3 Å². The maximum Gasteiger partial charge on any atom is 0.226 e. The van der Waals surface area contributed by atoms with Gasteiger partial charge in [-0.2, -0.15) is 0 Å². The highest BCUT2D eigenvalue weighted by molar-refractivity contribution is 6.79. The second-order valence-corrected chi connectivity index (χ2v) is 14.7. The van der Waals surface area contributed by atoms with Gasteiger partial charge in [0.1, 0.15) is 0 Å². The molecule has 1 rings (SSSR count). The third kappa shape index (κ3) is 5.02. The van der Waals surface area contributed by atoms with Gasteiger partial charge >= 0.3 is 0 Å². The minimum absolute atomic E-state index is 0.0186. The standard InChI is InChI=1S/C12H3Cl14/c13-7(14,9(17,18)11(21,22)23)5-2-1-3-6(4-5)8(15,16)10(19,20)12(24,25)26/h1-2,4H. The molecular weight excluding hydrogens is 640 g/mol. The fraction of sp³-hybridized carbons (Fsp3) is 0.500. The SMILES string of the molecule is ClC(Cl)(Cl)C(Cl)(Cl)C(Cl)(Cl)c1[c]ccc(C(Cl)(Cl)C(Cl)(Cl)C(Cl)(Cl)Cl)c1. The number of alkyl halides is 14. The van der Waals surface area contributed by atoms with Crippen molar-refractivity contribution < 1.29 is 0 Å². The lowest BCUT2D eigenvalue weighted by Crippen LogP contribution is -2.46. The first-order valence-corrected chi connectivity index (χ1v) is 11.2. The molecule has 0 heterocycles. The summed E-state index contributed by atoms with van der Waals surface area (Å²) in [5, 5.41) is 0. The van der Waals surface area contributed by atoms with Crippen LogP contribution in [-0.4, -0.2) is 16.3 Å². The predicted molar refractivity (Wildman–Crippen MR) is 121 cm³/mol. The Hall–Kier alpha value is 3.28. The van der Waals surface area contributed by atoms with Crippen molar-refractivity contribution in [2.45, 2.75) is 24.9 Å². The molecule has 0 aliphatic heterocycles. The molecule has 0 aliphatic rings. The summed E-state index contributed by atoms with van der Waals surface area (Å²) in [5.74, 6) is 0. The summed E-state index contributed by atoms with van der Waals surface area (Å²) in [6.45, 7) is 0. The van der Waals surface area contributed by atoms with Crippen molar-refractivity contribution >= 4 is 162 Å². The Morgan fingerprint density at radius 1 is 0.577 bits per heavy atom. The van der Waals surface area contributed by atoms with Crippen molar-refractivity contribution in [1.82, 2.24) is 0 Å². The Bertz CT molecular complexity index is 597. The highest BCUT2D eigenvalue weighted by Gasteiger charge is 2.63. The van der Waals surface area contributed by atoms with Crippen LogP contribution in [0.5, 0.6) is 0 Å². The molecule has 0 saturated carbocycles. The lowest BCUT2D eigenvalue weighted by atomic mass is 10.0. The van der Waals surface area contributed by atoms with E-state index in [4.69, 9.17) is 162 Å². The third-order valence-electron chi connectivity index (χ3n) is 3.00. The molecule has 0 unspecified atom stereocenters. The zero-order chi connectivity index (χ0) is 21.0. The van der Waals surface area contributed by atoms with Crippen LogP contribution >= 0.6 is 162 Å². The van der Waals surface area contributed by atoms with Crippen LogP contribution in [0.2, 0.25) is 0 Å². The summed E-state index contributed by atoms with van der Waals surface area (Å²) in [7, 11) is 0. The van der Waals surface area contributed by atoms with E-state index in [0.717, 1.165) is 0 Å². The summed E-state index contributed by atoms with van der Waals surface area (Å²) in [5.41, 5.74) is -0.0566. The summed E-state index contributed by atoms with van der Waals surface area (Å²) < 4.78 is -13.5. The molecule has 0 N–H and O–H groups in total. The van der Waals surface area contributed by atoms with Gasteiger partial charge < -0.3 is 0 Å². The molecule has 1 aromatic rings. The molecular formula is C12H3Cl14. The number of halogens is 14. The second-order valence-electron chi connectivity index (χ2n) is 4.78.